The van der Waals surface area contributed by atoms with Crippen LogP contribution < -0.4 is 0 Å². The highest BCUT2D eigenvalue weighted by Gasteiger charge is 2.55. The molecule has 1 heteroatoms. The summed E-state index contributed by atoms with van der Waals surface area (Å²) in [7, 11) is 0. The van der Waals surface area contributed by atoms with Gasteiger partial charge < -0.3 is 0 Å². The van der Waals surface area contributed by atoms with E-state index in [1.165, 1.54) is 57.8 Å². The van der Waals surface area contributed by atoms with Crippen LogP contribution in [-0.4, -0.2) is 5.78 Å². The van der Waals surface area contributed by atoms with E-state index in [-0.39, 0.29) is 5.41 Å². The number of ketones is 1. The standard InChI is InChI=1S/C20H32O/c1-13-6-8-15-14(12-13)7-9-17-16(15)10-11-20(2)18(17)4-3-5-19(20)21/h13-18H,3-12H2,1-2H3. The molecule has 118 valence electrons. The van der Waals surface area contributed by atoms with E-state index in [1.54, 1.807) is 0 Å². The molecule has 0 aromatic carbocycles. The molecule has 7 atom stereocenters. The monoisotopic (exact) mass is 288 g/mol. The van der Waals surface area contributed by atoms with E-state index >= 15 is 0 Å². The summed E-state index contributed by atoms with van der Waals surface area (Å²) in [4.78, 5) is 12.6. The van der Waals surface area contributed by atoms with Crippen molar-refractivity contribution < 1.29 is 4.79 Å². The Morgan fingerprint density at radius 1 is 0.952 bits per heavy atom. The van der Waals surface area contributed by atoms with E-state index < -0.39 is 0 Å². The van der Waals surface area contributed by atoms with Crippen molar-refractivity contribution in [2.75, 3.05) is 0 Å². The van der Waals surface area contributed by atoms with Gasteiger partial charge in [-0.25, -0.2) is 0 Å². The first kappa shape index (κ1) is 14.3. The lowest BCUT2D eigenvalue weighted by Crippen LogP contribution is -2.52. The van der Waals surface area contributed by atoms with Gasteiger partial charge in [0, 0.05) is 11.8 Å². The van der Waals surface area contributed by atoms with Crippen LogP contribution in [0.3, 0.4) is 0 Å². The third-order valence-corrected chi connectivity index (χ3v) is 8.16. The molecule has 0 heterocycles. The molecule has 4 fully saturated rings. The normalized spacial score (nSPS) is 53.5. The Morgan fingerprint density at radius 3 is 2.62 bits per heavy atom. The zero-order chi connectivity index (χ0) is 14.6. The lowest BCUT2D eigenvalue weighted by Gasteiger charge is -2.57. The van der Waals surface area contributed by atoms with Gasteiger partial charge in [0.15, 0.2) is 0 Å². The van der Waals surface area contributed by atoms with Crippen LogP contribution in [0.5, 0.6) is 0 Å². The molecule has 0 aliphatic heterocycles. The summed E-state index contributed by atoms with van der Waals surface area (Å²) in [5, 5.41) is 0. The molecule has 0 spiro atoms. The Morgan fingerprint density at radius 2 is 1.76 bits per heavy atom. The third-order valence-electron chi connectivity index (χ3n) is 8.16. The van der Waals surface area contributed by atoms with Crippen molar-refractivity contribution in [3.05, 3.63) is 0 Å². The topological polar surface area (TPSA) is 17.1 Å². The molecule has 4 aliphatic rings. The van der Waals surface area contributed by atoms with Gasteiger partial charge in [0.05, 0.1) is 0 Å². The average Bonchev–Trinajstić information content (AvgIpc) is 2.48. The summed E-state index contributed by atoms with van der Waals surface area (Å²) in [6.07, 6.45) is 13.3. The van der Waals surface area contributed by atoms with Crippen LogP contribution in [0.25, 0.3) is 0 Å². The number of carbonyl (C=O) groups excluding carboxylic acids is 1. The Kier molecular flexibility index (Phi) is 3.47. The second-order valence-electron chi connectivity index (χ2n) is 9.13. The van der Waals surface area contributed by atoms with E-state index in [4.69, 9.17) is 0 Å². The van der Waals surface area contributed by atoms with Crippen LogP contribution in [-0.2, 0) is 4.79 Å². The van der Waals surface area contributed by atoms with Crippen LogP contribution in [0.4, 0.5) is 0 Å². The highest BCUT2D eigenvalue weighted by atomic mass is 16.1. The number of fused-ring (bicyclic) bond motifs is 5. The van der Waals surface area contributed by atoms with E-state index in [0.29, 0.717) is 5.78 Å². The fraction of sp³-hybridized carbons (Fsp3) is 0.950. The molecule has 7 unspecified atom stereocenters. The quantitative estimate of drug-likeness (QED) is 0.596. The predicted octanol–water partition coefficient (Wildman–Crippen LogP) is 5.23. The number of hydrogen-bond donors (Lipinski definition) is 0. The maximum absolute atomic E-state index is 12.6. The number of rotatable bonds is 0. The van der Waals surface area contributed by atoms with Gasteiger partial charge in [0.25, 0.3) is 0 Å². The van der Waals surface area contributed by atoms with Gasteiger partial charge in [0.1, 0.15) is 5.78 Å². The number of hydrogen-bond acceptors (Lipinski definition) is 1. The van der Waals surface area contributed by atoms with Gasteiger partial charge in [-0.05, 0) is 86.9 Å². The molecule has 0 aromatic rings. The Labute approximate surface area is 130 Å². The highest BCUT2D eigenvalue weighted by molar-refractivity contribution is 5.85. The molecule has 0 bridgehead atoms. The van der Waals surface area contributed by atoms with Crippen LogP contribution >= 0.6 is 0 Å². The number of Topliss-reactive ketones (excluding diaryl/α,β-unsaturated/α-hetero) is 1. The second-order valence-corrected chi connectivity index (χ2v) is 9.13. The summed E-state index contributed by atoms with van der Waals surface area (Å²) in [5.41, 5.74) is 0.0637. The minimum absolute atomic E-state index is 0.0637. The molecule has 0 N–H and O–H groups in total. The largest absolute Gasteiger partial charge is 0.299 e. The maximum atomic E-state index is 12.6. The molecule has 21 heavy (non-hydrogen) atoms. The van der Waals surface area contributed by atoms with Crippen molar-refractivity contribution in [1.29, 1.82) is 0 Å². The molecule has 1 nitrogen and oxygen atoms in total. The van der Waals surface area contributed by atoms with Gasteiger partial charge in [0.2, 0.25) is 0 Å². The second kappa shape index (κ2) is 5.10. The highest BCUT2D eigenvalue weighted by Crippen LogP contribution is 2.60. The summed E-state index contributed by atoms with van der Waals surface area (Å²) < 4.78 is 0. The molecule has 0 amide bonds. The van der Waals surface area contributed by atoms with Gasteiger partial charge in [-0.15, -0.1) is 0 Å². The van der Waals surface area contributed by atoms with Crippen LogP contribution in [0.15, 0.2) is 0 Å². The molecule has 0 aromatic heterocycles. The fourth-order valence-electron chi connectivity index (χ4n) is 7.05. The van der Waals surface area contributed by atoms with Gasteiger partial charge in [-0.2, -0.15) is 0 Å². The summed E-state index contributed by atoms with van der Waals surface area (Å²) >= 11 is 0. The Bertz CT molecular complexity index is 428. The van der Waals surface area contributed by atoms with Crippen molar-refractivity contribution in [3.8, 4) is 0 Å². The maximum Gasteiger partial charge on any atom is 0.139 e. The Balaban J connectivity index is 1.58. The first-order valence-electron chi connectivity index (χ1n) is 9.63. The summed E-state index contributed by atoms with van der Waals surface area (Å²) in [5.74, 6) is 6.21. The lowest BCUT2D eigenvalue weighted by molar-refractivity contribution is -0.147. The first-order valence-corrected chi connectivity index (χ1v) is 9.63. The van der Waals surface area contributed by atoms with Crippen molar-refractivity contribution in [2.45, 2.75) is 78.1 Å². The molecular weight excluding hydrogens is 256 g/mol. The van der Waals surface area contributed by atoms with Crippen LogP contribution in [0, 0.1) is 40.9 Å². The van der Waals surface area contributed by atoms with Crippen LogP contribution in [0.1, 0.15) is 78.1 Å². The van der Waals surface area contributed by atoms with E-state index in [2.05, 4.69) is 13.8 Å². The van der Waals surface area contributed by atoms with Crippen molar-refractivity contribution in [2.24, 2.45) is 40.9 Å². The molecule has 4 aliphatic carbocycles. The first-order chi connectivity index (χ1) is 10.1. The molecule has 4 saturated carbocycles. The minimum Gasteiger partial charge on any atom is -0.299 e. The molecule has 4 rings (SSSR count). The van der Waals surface area contributed by atoms with E-state index in [9.17, 15) is 4.79 Å². The van der Waals surface area contributed by atoms with Crippen molar-refractivity contribution >= 4 is 5.78 Å². The zero-order valence-electron chi connectivity index (χ0n) is 13.9. The van der Waals surface area contributed by atoms with E-state index in [1.807, 2.05) is 0 Å². The zero-order valence-corrected chi connectivity index (χ0v) is 13.9. The smallest absolute Gasteiger partial charge is 0.139 e. The van der Waals surface area contributed by atoms with Crippen molar-refractivity contribution in [1.82, 2.24) is 0 Å². The fourth-order valence-corrected chi connectivity index (χ4v) is 7.05. The summed E-state index contributed by atoms with van der Waals surface area (Å²) in [6.45, 7) is 4.78. The Hall–Kier alpha value is -0.330. The number of carbonyl (C=O) groups is 1. The molecular formula is C20H32O. The lowest BCUT2D eigenvalue weighted by atomic mass is 9.47. The van der Waals surface area contributed by atoms with Gasteiger partial charge in [-0.3, -0.25) is 4.79 Å². The predicted molar refractivity (Wildman–Crippen MR) is 85.9 cm³/mol. The average molecular weight is 288 g/mol. The van der Waals surface area contributed by atoms with Crippen LogP contribution in [0.2, 0.25) is 0 Å². The summed E-state index contributed by atoms with van der Waals surface area (Å²) in [6, 6.07) is 0. The molecule has 0 saturated heterocycles. The SMILES string of the molecule is CC1CCC2C(CCC3C2CCC2(C)C(=O)CCCC32)C1. The van der Waals surface area contributed by atoms with Gasteiger partial charge in [-0.1, -0.05) is 20.3 Å². The molecule has 0 radical (unpaired) electrons. The minimum atomic E-state index is 0.0637. The van der Waals surface area contributed by atoms with E-state index in [0.717, 1.165) is 41.9 Å². The third kappa shape index (κ3) is 2.13. The van der Waals surface area contributed by atoms with Gasteiger partial charge >= 0.3 is 0 Å². The van der Waals surface area contributed by atoms with Crippen molar-refractivity contribution in [3.63, 3.8) is 0 Å².